The quantitative estimate of drug-likeness (QED) is 0.808. The largest absolute Gasteiger partial charge is 0.350 e. The molecule has 0 saturated carbocycles. The highest BCUT2D eigenvalue weighted by molar-refractivity contribution is 7.86. The lowest BCUT2D eigenvalue weighted by atomic mass is 10.1. The van der Waals surface area contributed by atoms with Crippen molar-refractivity contribution in [1.82, 2.24) is 4.57 Å². The van der Waals surface area contributed by atoms with Crippen LogP contribution in [0.2, 0.25) is 5.02 Å². The summed E-state index contributed by atoms with van der Waals surface area (Å²) >= 11 is 5.88. The molecular weight excluding hydrogens is 265 g/mol. The molecule has 0 aliphatic carbocycles. The predicted octanol–water partition coefficient (Wildman–Crippen LogP) is 2.67. The summed E-state index contributed by atoms with van der Waals surface area (Å²) < 4.78 is 35.4. The van der Waals surface area contributed by atoms with Gasteiger partial charge in [0.25, 0.3) is 0 Å². The molecule has 0 spiro atoms. The highest BCUT2D eigenvalue weighted by Gasteiger charge is 2.12. The molecule has 6 heteroatoms. The van der Waals surface area contributed by atoms with Crippen molar-refractivity contribution in [2.75, 3.05) is 5.75 Å². The smallest absolute Gasteiger partial charge is 0.302 e. The molecule has 1 heterocycles. The molecule has 0 aliphatic rings. The highest BCUT2D eigenvalue weighted by Crippen LogP contribution is 2.24. The van der Waals surface area contributed by atoms with Crippen molar-refractivity contribution < 1.29 is 12.3 Å². The van der Waals surface area contributed by atoms with Crippen LogP contribution in [0.3, 0.4) is 0 Å². The molecule has 0 atom stereocenters. The van der Waals surface area contributed by atoms with Gasteiger partial charge in [-0.05, 0) is 24.1 Å². The van der Waals surface area contributed by atoms with E-state index in [1.54, 1.807) is 18.3 Å². The van der Waals surface area contributed by atoms with E-state index in [1.807, 2.05) is 17.7 Å². The zero-order chi connectivity index (χ0) is 12.6. The van der Waals surface area contributed by atoms with E-state index in [4.69, 9.17) is 11.6 Å². The van der Waals surface area contributed by atoms with E-state index in [0.29, 0.717) is 5.02 Å². The van der Waals surface area contributed by atoms with Crippen molar-refractivity contribution in [2.24, 2.45) is 7.05 Å². The van der Waals surface area contributed by atoms with Gasteiger partial charge >= 0.3 is 10.2 Å². The Morgan fingerprint density at radius 3 is 2.76 bits per heavy atom. The second-order valence-electron chi connectivity index (χ2n) is 3.92. The molecular formula is C11H11ClFNO2S. The van der Waals surface area contributed by atoms with Gasteiger partial charge in [-0.2, -0.15) is 8.42 Å². The molecule has 0 bridgehead atoms. The van der Waals surface area contributed by atoms with E-state index in [9.17, 15) is 12.3 Å². The topological polar surface area (TPSA) is 39.1 Å². The molecule has 92 valence electrons. The van der Waals surface area contributed by atoms with Gasteiger partial charge in [-0.15, -0.1) is 3.89 Å². The maximum Gasteiger partial charge on any atom is 0.302 e. The fourth-order valence-electron chi connectivity index (χ4n) is 1.87. The SMILES string of the molecule is Cn1cc(CCS(=O)(=O)F)c2ccc(Cl)cc21. The summed E-state index contributed by atoms with van der Waals surface area (Å²) in [6, 6.07) is 5.35. The lowest BCUT2D eigenvalue weighted by Gasteiger charge is -1.97. The van der Waals surface area contributed by atoms with Gasteiger partial charge in [0.15, 0.2) is 0 Å². The third-order valence-electron chi connectivity index (χ3n) is 2.65. The van der Waals surface area contributed by atoms with Crippen molar-refractivity contribution in [2.45, 2.75) is 6.42 Å². The first kappa shape index (κ1) is 12.4. The molecule has 2 rings (SSSR count). The Labute approximate surface area is 104 Å². The van der Waals surface area contributed by atoms with Crippen LogP contribution < -0.4 is 0 Å². The number of fused-ring (bicyclic) bond motifs is 1. The Kier molecular flexibility index (Phi) is 3.14. The van der Waals surface area contributed by atoms with E-state index in [-0.39, 0.29) is 6.42 Å². The Balaban J connectivity index is 2.42. The minimum atomic E-state index is -4.43. The number of hydrogen-bond donors (Lipinski definition) is 0. The number of aromatic nitrogens is 1. The molecule has 1 aromatic carbocycles. The van der Waals surface area contributed by atoms with Crippen molar-refractivity contribution >= 4 is 32.7 Å². The Hall–Kier alpha value is -1.07. The molecule has 0 amide bonds. The molecule has 3 nitrogen and oxygen atoms in total. The first-order valence-electron chi connectivity index (χ1n) is 5.02. The molecule has 2 aromatic rings. The van der Waals surface area contributed by atoms with Gasteiger partial charge in [0.1, 0.15) is 0 Å². The van der Waals surface area contributed by atoms with Crippen LogP contribution in [0.1, 0.15) is 5.56 Å². The van der Waals surface area contributed by atoms with E-state index < -0.39 is 16.0 Å². The normalized spacial score (nSPS) is 12.2. The van der Waals surface area contributed by atoms with Crippen LogP contribution in [0.4, 0.5) is 3.89 Å². The first-order valence-corrected chi connectivity index (χ1v) is 6.96. The molecule has 0 saturated heterocycles. The lowest BCUT2D eigenvalue weighted by molar-refractivity contribution is 0.551. The average molecular weight is 276 g/mol. The van der Waals surface area contributed by atoms with Crippen LogP contribution in [0, 0.1) is 0 Å². The number of halogens is 2. The van der Waals surface area contributed by atoms with Crippen molar-refractivity contribution in [3.63, 3.8) is 0 Å². The van der Waals surface area contributed by atoms with Gasteiger partial charge in [0.05, 0.1) is 5.75 Å². The standard InChI is InChI=1S/C11H11ClFNO2S/c1-14-7-8(4-5-17(13,15)16)10-3-2-9(12)6-11(10)14/h2-3,6-7H,4-5H2,1H3. The minimum absolute atomic E-state index is 0.164. The number of nitrogens with zero attached hydrogens (tertiary/aromatic N) is 1. The summed E-state index contributed by atoms with van der Waals surface area (Å²) in [4.78, 5) is 0. The molecule has 0 unspecified atom stereocenters. The highest BCUT2D eigenvalue weighted by atomic mass is 35.5. The minimum Gasteiger partial charge on any atom is -0.350 e. The Morgan fingerprint density at radius 1 is 1.41 bits per heavy atom. The molecule has 0 fully saturated rings. The van der Waals surface area contributed by atoms with Crippen molar-refractivity contribution in [1.29, 1.82) is 0 Å². The van der Waals surface area contributed by atoms with Gasteiger partial charge < -0.3 is 4.57 Å². The Morgan fingerprint density at radius 2 is 2.12 bits per heavy atom. The molecule has 0 radical (unpaired) electrons. The fourth-order valence-corrected chi connectivity index (χ4v) is 2.50. The predicted molar refractivity (Wildman–Crippen MR) is 66.5 cm³/mol. The number of aryl methyl sites for hydroxylation is 2. The van der Waals surface area contributed by atoms with E-state index in [0.717, 1.165) is 16.5 Å². The monoisotopic (exact) mass is 275 g/mol. The summed E-state index contributed by atoms with van der Waals surface area (Å²) in [7, 11) is -2.59. The number of hydrogen-bond acceptors (Lipinski definition) is 2. The van der Waals surface area contributed by atoms with Gasteiger partial charge in [-0.3, -0.25) is 0 Å². The molecule has 0 N–H and O–H groups in total. The van der Waals surface area contributed by atoms with Crippen molar-refractivity contribution in [3.05, 3.63) is 35.0 Å². The van der Waals surface area contributed by atoms with Crippen LogP contribution in [0.5, 0.6) is 0 Å². The first-order chi connectivity index (χ1) is 7.87. The van der Waals surface area contributed by atoms with Gasteiger partial charge in [0, 0.05) is 29.2 Å². The van der Waals surface area contributed by atoms with E-state index in [2.05, 4.69) is 0 Å². The summed E-state index contributed by atoms with van der Waals surface area (Å²) in [6.07, 6.45) is 1.96. The maximum atomic E-state index is 12.5. The van der Waals surface area contributed by atoms with E-state index >= 15 is 0 Å². The van der Waals surface area contributed by atoms with Crippen LogP contribution in [-0.4, -0.2) is 18.7 Å². The third-order valence-corrected chi connectivity index (χ3v) is 3.58. The second kappa shape index (κ2) is 4.31. The molecule has 0 aliphatic heterocycles. The van der Waals surface area contributed by atoms with Crippen LogP contribution >= 0.6 is 11.6 Å². The van der Waals surface area contributed by atoms with Crippen LogP contribution in [0.25, 0.3) is 10.9 Å². The Bertz CT molecular complexity index is 663. The third kappa shape index (κ3) is 2.79. The zero-order valence-electron chi connectivity index (χ0n) is 9.15. The number of rotatable bonds is 3. The summed E-state index contributed by atoms with van der Waals surface area (Å²) in [6.45, 7) is 0. The average Bonchev–Trinajstić information content (AvgIpc) is 2.52. The summed E-state index contributed by atoms with van der Waals surface area (Å²) in [5.41, 5.74) is 1.71. The number of benzene rings is 1. The van der Waals surface area contributed by atoms with Gasteiger partial charge in [-0.1, -0.05) is 17.7 Å². The second-order valence-corrected chi connectivity index (χ2v) is 5.84. The van der Waals surface area contributed by atoms with Gasteiger partial charge in [-0.25, -0.2) is 0 Å². The molecule has 17 heavy (non-hydrogen) atoms. The van der Waals surface area contributed by atoms with Crippen LogP contribution in [0.15, 0.2) is 24.4 Å². The van der Waals surface area contributed by atoms with E-state index in [1.165, 1.54) is 0 Å². The lowest BCUT2D eigenvalue weighted by Crippen LogP contribution is -2.01. The summed E-state index contributed by atoms with van der Waals surface area (Å²) in [5, 5.41) is 1.52. The van der Waals surface area contributed by atoms with Crippen LogP contribution in [-0.2, 0) is 23.7 Å². The van der Waals surface area contributed by atoms with Gasteiger partial charge in [0.2, 0.25) is 0 Å². The van der Waals surface area contributed by atoms with Crippen molar-refractivity contribution in [3.8, 4) is 0 Å². The maximum absolute atomic E-state index is 12.5. The zero-order valence-corrected chi connectivity index (χ0v) is 10.7. The fraction of sp³-hybridized carbons (Fsp3) is 0.273. The molecule has 1 aromatic heterocycles. The summed E-state index contributed by atoms with van der Waals surface area (Å²) in [5.74, 6) is -0.491.